The van der Waals surface area contributed by atoms with Crippen molar-refractivity contribution in [3.8, 4) is 0 Å². The molecule has 1 saturated carbocycles. The molecule has 0 aliphatic heterocycles. The fourth-order valence-electron chi connectivity index (χ4n) is 3.75. The molecule has 5 rings (SSSR count). The lowest BCUT2D eigenvalue weighted by atomic mass is 10.1. The summed E-state index contributed by atoms with van der Waals surface area (Å²) in [7, 11) is 0. The Morgan fingerprint density at radius 1 is 1.12 bits per heavy atom. The standard InChI is InChI=1S/C21H17F2N3/c1-12-10-15(12)21-25-17-4-2-3-5-18(17)26(21)11-13-8-9-24-20-14(13)6-7-16(22)19(20)23/h2-9,12,15H,10-11H2,1H3. The molecule has 2 aromatic heterocycles. The highest BCUT2D eigenvalue weighted by Crippen LogP contribution is 2.47. The Morgan fingerprint density at radius 2 is 1.92 bits per heavy atom. The molecule has 4 aromatic rings. The second kappa shape index (κ2) is 5.59. The third-order valence-electron chi connectivity index (χ3n) is 5.35. The zero-order chi connectivity index (χ0) is 17.8. The van der Waals surface area contributed by atoms with Crippen LogP contribution in [0.2, 0.25) is 0 Å². The van der Waals surface area contributed by atoms with Gasteiger partial charge in [0.2, 0.25) is 0 Å². The lowest BCUT2D eigenvalue weighted by Gasteiger charge is -2.12. The Kier molecular flexibility index (Phi) is 3.32. The summed E-state index contributed by atoms with van der Waals surface area (Å²) in [5, 5.41) is 0.638. The van der Waals surface area contributed by atoms with Gasteiger partial charge in [0.15, 0.2) is 11.6 Å². The molecule has 2 atom stereocenters. The van der Waals surface area contributed by atoms with Crippen molar-refractivity contribution in [1.29, 1.82) is 0 Å². The molecule has 5 heteroatoms. The van der Waals surface area contributed by atoms with Crippen LogP contribution in [-0.2, 0) is 6.54 Å². The number of hydrogen-bond donors (Lipinski definition) is 0. The Bertz CT molecular complexity index is 1150. The summed E-state index contributed by atoms with van der Waals surface area (Å²) in [6.07, 6.45) is 2.68. The summed E-state index contributed by atoms with van der Waals surface area (Å²) >= 11 is 0. The fraction of sp³-hybridized carbons (Fsp3) is 0.238. The first kappa shape index (κ1) is 15.4. The van der Waals surface area contributed by atoms with Gasteiger partial charge in [0, 0.05) is 17.5 Å². The first-order valence-corrected chi connectivity index (χ1v) is 8.80. The van der Waals surface area contributed by atoms with Gasteiger partial charge in [0.25, 0.3) is 0 Å². The summed E-state index contributed by atoms with van der Waals surface area (Å²) in [4.78, 5) is 8.88. The van der Waals surface area contributed by atoms with Gasteiger partial charge in [-0.3, -0.25) is 4.98 Å². The number of hydrogen-bond acceptors (Lipinski definition) is 2. The van der Waals surface area contributed by atoms with E-state index in [2.05, 4.69) is 22.5 Å². The average Bonchev–Trinajstić information content (AvgIpc) is 3.27. The van der Waals surface area contributed by atoms with Gasteiger partial charge in [0.05, 0.1) is 17.6 Å². The molecular weight excluding hydrogens is 332 g/mol. The van der Waals surface area contributed by atoms with E-state index >= 15 is 0 Å². The van der Waals surface area contributed by atoms with Crippen LogP contribution in [0, 0.1) is 17.6 Å². The quantitative estimate of drug-likeness (QED) is 0.519. The second-order valence-electron chi connectivity index (χ2n) is 7.09. The highest BCUT2D eigenvalue weighted by molar-refractivity contribution is 5.83. The van der Waals surface area contributed by atoms with Gasteiger partial charge in [-0.1, -0.05) is 19.1 Å². The number of benzene rings is 2. The van der Waals surface area contributed by atoms with Gasteiger partial charge >= 0.3 is 0 Å². The van der Waals surface area contributed by atoms with Crippen LogP contribution in [0.3, 0.4) is 0 Å². The number of para-hydroxylation sites is 2. The molecule has 130 valence electrons. The molecule has 0 spiro atoms. The molecule has 0 saturated heterocycles. The first-order chi connectivity index (χ1) is 12.6. The molecule has 3 nitrogen and oxygen atoms in total. The molecule has 2 unspecified atom stereocenters. The van der Waals surface area contributed by atoms with Crippen molar-refractivity contribution in [3.63, 3.8) is 0 Å². The maximum absolute atomic E-state index is 14.1. The molecule has 0 bridgehead atoms. The molecule has 1 aliphatic rings. The van der Waals surface area contributed by atoms with Gasteiger partial charge in [0.1, 0.15) is 11.3 Å². The molecule has 2 heterocycles. The largest absolute Gasteiger partial charge is 0.323 e. The van der Waals surface area contributed by atoms with Crippen molar-refractivity contribution < 1.29 is 8.78 Å². The number of aromatic nitrogens is 3. The smallest absolute Gasteiger partial charge is 0.184 e. The Hall–Kier alpha value is -2.82. The monoisotopic (exact) mass is 349 g/mol. The maximum atomic E-state index is 14.1. The molecule has 2 aromatic carbocycles. The summed E-state index contributed by atoms with van der Waals surface area (Å²) in [5.74, 6) is 0.404. The number of rotatable bonds is 3. The number of nitrogens with zero attached hydrogens (tertiary/aromatic N) is 3. The average molecular weight is 349 g/mol. The Morgan fingerprint density at radius 3 is 2.73 bits per heavy atom. The van der Waals surface area contributed by atoms with E-state index in [-0.39, 0.29) is 5.52 Å². The Balaban J connectivity index is 1.69. The van der Waals surface area contributed by atoms with Gasteiger partial charge in [-0.25, -0.2) is 13.8 Å². The number of imidazole rings is 1. The van der Waals surface area contributed by atoms with E-state index < -0.39 is 11.6 Å². The SMILES string of the molecule is CC1CC1c1nc2ccccc2n1Cc1ccnc2c(F)c(F)ccc12. The van der Waals surface area contributed by atoms with Crippen molar-refractivity contribution in [1.82, 2.24) is 14.5 Å². The minimum atomic E-state index is -0.893. The molecule has 26 heavy (non-hydrogen) atoms. The normalized spacial score (nSPS) is 19.3. The zero-order valence-corrected chi connectivity index (χ0v) is 14.3. The first-order valence-electron chi connectivity index (χ1n) is 8.80. The van der Waals surface area contributed by atoms with Crippen LogP contribution in [-0.4, -0.2) is 14.5 Å². The van der Waals surface area contributed by atoms with Crippen molar-refractivity contribution >= 4 is 21.9 Å². The van der Waals surface area contributed by atoms with Crippen molar-refractivity contribution in [2.45, 2.75) is 25.8 Å². The summed E-state index contributed by atoms with van der Waals surface area (Å²) in [6.45, 7) is 2.79. The minimum Gasteiger partial charge on any atom is -0.323 e. The number of pyridine rings is 1. The van der Waals surface area contributed by atoms with Crippen molar-refractivity contribution in [2.75, 3.05) is 0 Å². The van der Waals surface area contributed by atoms with Crippen LogP contribution >= 0.6 is 0 Å². The highest BCUT2D eigenvalue weighted by Gasteiger charge is 2.38. The molecule has 0 radical (unpaired) electrons. The van der Waals surface area contributed by atoms with Gasteiger partial charge in [-0.05, 0) is 48.2 Å². The van der Waals surface area contributed by atoms with E-state index in [4.69, 9.17) is 4.98 Å². The predicted octanol–water partition coefficient (Wildman–Crippen LogP) is 5.03. The van der Waals surface area contributed by atoms with Gasteiger partial charge in [-0.15, -0.1) is 0 Å². The second-order valence-corrected chi connectivity index (χ2v) is 7.09. The van der Waals surface area contributed by atoms with E-state index in [1.165, 1.54) is 6.07 Å². The third-order valence-corrected chi connectivity index (χ3v) is 5.35. The minimum absolute atomic E-state index is 0.0771. The van der Waals surface area contributed by atoms with Crippen molar-refractivity contribution in [2.24, 2.45) is 5.92 Å². The van der Waals surface area contributed by atoms with Crippen LogP contribution in [0.25, 0.3) is 21.9 Å². The van der Waals surface area contributed by atoms with E-state index in [1.807, 2.05) is 24.3 Å². The third kappa shape index (κ3) is 2.30. The lowest BCUT2D eigenvalue weighted by Crippen LogP contribution is -2.06. The summed E-state index contributed by atoms with van der Waals surface area (Å²) in [5.41, 5.74) is 3.02. The summed E-state index contributed by atoms with van der Waals surface area (Å²) in [6, 6.07) is 12.7. The lowest BCUT2D eigenvalue weighted by molar-refractivity contribution is 0.515. The predicted molar refractivity (Wildman–Crippen MR) is 97.0 cm³/mol. The van der Waals surface area contributed by atoms with E-state index in [0.717, 1.165) is 28.8 Å². The number of halogens is 2. The van der Waals surface area contributed by atoms with Gasteiger partial charge in [-0.2, -0.15) is 0 Å². The Labute approximate surface area is 149 Å². The molecular formula is C21H17F2N3. The highest BCUT2D eigenvalue weighted by atomic mass is 19.2. The molecule has 0 N–H and O–H groups in total. The van der Waals surface area contributed by atoms with Crippen LogP contribution in [0.4, 0.5) is 8.78 Å². The summed E-state index contributed by atoms with van der Waals surface area (Å²) < 4.78 is 29.9. The van der Waals surface area contributed by atoms with Crippen molar-refractivity contribution in [3.05, 3.63) is 71.7 Å². The molecule has 1 aliphatic carbocycles. The van der Waals surface area contributed by atoms with Gasteiger partial charge < -0.3 is 4.57 Å². The molecule has 1 fully saturated rings. The molecule has 0 amide bonds. The van der Waals surface area contributed by atoms with Crippen LogP contribution in [0.5, 0.6) is 0 Å². The topological polar surface area (TPSA) is 30.7 Å². The van der Waals surface area contributed by atoms with E-state index in [1.54, 1.807) is 12.3 Å². The number of fused-ring (bicyclic) bond motifs is 2. The zero-order valence-electron chi connectivity index (χ0n) is 14.3. The fourth-order valence-corrected chi connectivity index (χ4v) is 3.75. The van der Waals surface area contributed by atoms with E-state index in [9.17, 15) is 8.78 Å². The van der Waals surface area contributed by atoms with Crippen LogP contribution in [0.15, 0.2) is 48.7 Å². The van der Waals surface area contributed by atoms with Crippen LogP contribution in [0.1, 0.15) is 30.7 Å². The van der Waals surface area contributed by atoms with Crippen LogP contribution < -0.4 is 0 Å². The van der Waals surface area contributed by atoms with E-state index in [0.29, 0.717) is 23.8 Å². The maximum Gasteiger partial charge on any atom is 0.184 e.